The molecule has 3 nitrogen and oxygen atoms in total. The molecule has 14 heavy (non-hydrogen) atoms. The van der Waals surface area contributed by atoms with Crippen molar-refractivity contribution < 1.29 is 8.78 Å². The van der Waals surface area contributed by atoms with Crippen molar-refractivity contribution in [3.63, 3.8) is 0 Å². The SMILES string of the molecule is N#Cc1cc(CCl)c(=O)[nH]c1C(F)F. The number of aromatic nitrogens is 1. The van der Waals surface area contributed by atoms with Crippen molar-refractivity contribution in [1.82, 2.24) is 4.98 Å². The van der Waals surface area contributed by atoms with Crippen molar-refractivity contribution in [2.24, 2.45) is 0 Å². The summed E-state index contributed by atoms with van der Waals surface area (Å²) in [6, 6.07) is 2.65. The zero-order valence-electron chi connectivity index (χ0n) is 6.85. The van der Waals surface area contributed by atoms with E-state index in [1.54, 1.807) is 6.07 Å². The van der Waals surface area contributed by atoms with Gasteiger partial charge in [0.15, 0.2) is 0 Å². The first-order chi connectivity index (χ1) is 6.60. The van der Waals surface area contributed by atoms with Gasteiger partial charge in [0.05, 0.1) is 11.4 Å². The smallest absolute Gasteiger partial charge is 0.279 e. The fourth-order valence-electron chi connectivity index (χ4n) is 0.951. The van der Waals surface area contributed by atoms with Crippen LogP contribution in [-0.4, -0.2) is 4.98 Å². The van der Waals surface area contributed by atoms with Gasteiger partial charge >= 0.3 is 0 Å². The van der Waals surface area contributed by atoms with Crippen molar-refractivity contribution in [3.05, 3.63) is 33.2 Å². The van der Waals surface area contributed by atoms with Gasteiger partial charge in [0.1, 0.15) is 11.8 Å². The van der Waals surface area contributed by atoms with Gasteiger partial charge in [-0.15, -0.1) is 11.6 Å². The van der Waals surface area contributed by atoms with Crippen molar-refractivity contribution in [2.45, 2.75) is 12.3 Å². The largest absolute Gasteiger partial charge is 0.320 e. The molecule has 0 unspecified atom stereocenters. The zero-order chi connectivity index (χ0) is 10.7. The summed E-state index contributed by atoms with van der Waals surface area (Å²) >= 11 is 5.38. The highest BCUT2D eigenvalue weighted by Gasteiger charge is 2.15. The van der Waals surface area contributed by atoms with E-state index in [1.165, 1.54) is 0 Å². The third-order valence-corrected chi connectivity index (χ3v) is 1.92. The van der Waals surface area contributed by atoms with E-state index in [4.69, 9.17) is 16.9 Å². The lowest BCUT2D eigenvalue weighted by molar-refractivity contribution is 0.145. The molecule has 0 spiro atoms. The number of pyridine rings is 1. The molecule has 0 fully saturated rings. The predicted octanol–water partition coefficient (Wildman–Crippen LogP) is 1.92. The predicted molar refractivity (Wildman–Crippen MR) is 46.3 cm³/mol. The van der Waals surface area contributed by atoms with Gasteiger partial charge in [-0.2, -0.15) is 5.26 Å². The third kappa shape index (κ3) is 1.91. The molecule has 0 saturated heterocycles. The Morgan fingerprint density at radius 3 is 2.71 bits per heavy atom. The van der Waals surface area contributed by atoms with Crippen molar-refractivity contribution in [2.75, 3.05) is 0 Å². The first-order valence-electron chi connectivity index (χ1n) is 3.60. The summed E-state index contributed by atoms with van der Waals surface area (Å²) in [6.07, 6.45) is -2.87. The highest BCUT2D eigenvalue weighted by atomic mass is 35.5. The van der Waals surface area contributed by atoms with Crippen molar-refractivity contribution >= 4 is 11.6 Å². The minimum absolute atomic E-state index is 0.104. The molecular formula is C8H5ClF2N2O. The van der Waals surface area contributed by atoms with E-state index in [9.17, 15) is 13.6 Å². The van der Waals surface area contributed by atoms with Crippen LogP contribution in [0.3, 0.4) is 0 Å². The molecule has 0 aliphatic heterocycles. The van der Waals surface area contributed by atoms with Crippen molar-refractivity contribution in [3.8, 4) is 6.07 Å². The molecule has 6 heteroatoms. The zero-order valence-corrected chi connectivity index (χ0v) is 7.61. The molecule has 0 aromatic carbocycles. The van der Waals surface area contributed by atoms with Crippen LogP contribution < -0.4 is 5.56 Å². The Hall–Kier alpha value is -1.41. The average molecular weight is 219 g/mol. The molecular weight excluding hydrogens is 214 g/mol. The molecule has 0 atom stereocenters. The number of nitriles is 1. The van der Waals surface area contributed by atoms with Crippen LogP contribution >= 0.6 is 11.6 Å². The minimum Gasteiger partial charge on any atom is -0.320 e. The third-order valence-electron chi connectivity index (χ3n) is 1.63. The summed E-state index contributed by atoms with van der Waals surface area (Å²) in [5.41, 5.74) is -1.50. The number of hydrogen-bond donors (Lipinski definition) is 1. The molecule has 0 amide bonds. The fourth-order valence-corrected chi connectivity index (χ4v) is 1.15. The van der Waals surface area contributed by atoms with Gasteiger partial charge in [0.25, 0.3) is 12.0 Å². The summed E-state index contributed by atoms with van der Waals surface area (Å²) in [7, 11) is 0. The first kappa shape index (κ1) is 10.7. The Kier molecular flexibility index (Phi) is 3.20. The standard InChI is InChI=1S/C8H5ClF2N2O/c9-2-4-1-5(3-12)6(7(10)11)13-8(4)14/h1,7H,2H2,(H,13,14). The molecule has 1 N–H and O–H groups in total. The highest BCUT2D eigenvalue weighted by Crippen LogP contribution is 2.19. The summed E-state index contributed by atoms with van der Waals surface area (Å²) in [6.45, 7) is 0. The van der Waals surface area contributed by atoms with E-state index >= 15 is 0 Å². The molecule has 1 rings (SSSR count). The van der Waals surface area contributed by atoms with Crippen LogP contribution in [0, 0.1) is 11.3 Å². The van der Waals surface area contributed by atoms with Gasteiger partial charge in [0.2, 0.25) is 0 Å². The van der Waals surface area contributed by atoms with Gasteiger partial charge in [-0.25, -0.2) is 8.78 Å². The van der Waals surface area contributed by atoms with Gasteiger partial charge < -0.3 is 4.98 Å². The number of nitrogens with zero attached hydrogens (tertiary/aromatic N) is 1. The second-order valence-corrected chi connectivity index (χ2v) is 2.76. The monoisotopic (exact) mass is 218 g/mol. The van der Waals surface area contributed by atoms with Crippen LogP contribution in [0.25, 0.3) is 0 Å². The summed E-state index contributed by atoms with van der Waals surface area (Å²) in [5, 5.41) is 8.53. The number of alkyl halides is 3. The Morgan fingerprint density at radius 1 is 1.64 bits per heavy atom. The molecule has 0 radical (unpaired) electrons. The Morgan fingerprint density at radius 2 is 2.29 bits per heavy atom. The molecule has 1 heterocycles. The van der Waals surface area contributed by atoms with E-state index in [0.717, 1.165) is 6.07 Å². The molecule has 1 aromatic rings. The number of aromatic amines is 1. The van der Waals surface area contributed by atoms with Crippen LogP contribution in [0.4, 0.5) is 8.78 Å². The van der Waals surface area contributed by atoms with Crippen LogP contribution in [-0.2, 0) is 5.88 Å². The van der Waals surface area contributed by atoms with Crippen LogP contribution in [0.1, 0.15) is 23.2 Å². The Labute approximate surface area is 82.9 Å². The maximum Gasteiger partial charge on any atom is 0.279 e. The van der Waals surface area contributed by atoms with E-state index in [-0.39, 0.29) is 17.0 Å². The molecule has 74 valence electrons. The summed E-state index contributed by atoms with van der Waals surface area (Å²) in [4.78, 5) is 13.0. The number of nitrogens with one attached hydrogen (secondary N) is 1. The minimum atomic E-state index is -2.87. The van der Waals surface area contributed by atoms with E-state index in [2.05, 4.69) is 0 Å². The number of H-pyrrole nitrogens is 1. The maximum atomic E-state index is 12.3. The second kappa shape index (κ2) is 4.20. The normalized spacial score (nSPS) is 10.2. The summed E-state index contributed by atoms with van der Waals surface area (Å²) < 4.78 is 24.6. The van der Waals surface area contributed by atoms with Crippen LogP contribution in [0.2, 0.25) is 0 Å². The second-order valence-electron chi connectivity index (χ2n) is 2.50. The van der Waals surface area contributed by atoms with Crippen molar-refractivity contribution in [1.29, 1.82) is 5.26 Å². The average Bonchev–Trinajstić information content (AvgIpc) is 2.17. The Bertz CT molecular complexity index is 436. The molecule has 0 saturated carbocycles. The first-order valence-corrected chi connectivity index (χ1v) is 4.14. The van der Waals surface area contributed by atoms with Gasteiger partial charge in [0, 0.05) is 5.56 Å². The lowest BCUT2D eigenvalue weighted by atomic mass is 10.1. The van der Waals surface area contributed by atoms with E-state index in [0.29, 0.717) is 0 Å². The maximum absolute atomic E-state index is 12.3. The molecule has 0 bridgehead atoms. The number of halogens is 3. The fraction of sp³-hybridized carbons (Fsp3) is 0.250. The van der Waals surface area contributed by atoms with E-state index < -0.39 is 17.7 Å². The molecule has 0 aliphatic carbocycles. The highest BCUT2D eigenvalue weighted by molar-refractivity contribution is 6.17. The lowest BCUT2D eigenvalue weighted by Gasteiger charge is -2.03. The molecule has 0 aliphatic rings. The number of rotatable bonds is 2. The van der Waals surface area contributed by atoms with Crippen LogP contribution in [0.5, 0.6) is 0 Å². The van der Waals surface area contributed by atoms with E-state index in [1.807, 2.05) is 4.98 Å². The topological polar surface area (TPSA) is 56.6 Å². The van der Waals surface area contributed by atoms with Gasteiger partial charge in [-0.05, 0) is 6.07 Å². The number of hydrogen-bond acceptors (Lipinski definition) is 2. The van der Waals surface area contributed by atoms with Gasteiger partial charge in [-0.3, -0.25) is 4.79 Å². The summed E-state index contributed by atoms with van der Waals surface area (Å²) in [5.74, 6) is -0.118. The van der Waals surface area contributed by atoms with Gasteiger partial charge in [-0.1, -0.05) is 0 Å². The molecule has 1 aromatic heterocycles. The van der Waals surface area contributed by atoms with Crippen LogP contribution in [0.15, 0.2) is 10.9 Å². The Balaban J connectivity index is 3.41. The lowest BCUT2D eigenvalue weighted by Crippen LogP contribution is -2.15. The quantitative estimate of drug-likeness (QED) is 0.771.